The number of rotatable bonds is 0. The zero-order chi connectivity index (χ0) is 8.72. The minimum absolute atomic E-state index is 0.389. The van der Waals surface area contributed by atoms with E-state index in [1.807, 2.05) is 12.2 Å². The SMILES string of the molecule is Cc1ccc2c(c1C)[C@H](O)C=C2. The highest BCUT2D eigenvalue weighted by atomic mass is 16.3. The van der Waals surface area contributed by atoms with Crippen LogP contribution in [0, 0.1) is 13.8 Å². The van der Waals surface area contributed by atoms with Gasteiger partial charge in [0.05, 0.1) is 6.10 Å². The minimum Gasteiger partial charge on any atom is -0.384 e. The van der Waals surface area contributed by atoms with E-state index in [2.05, 4.69) is 26.0 Å². The Balaban J connectivity index is 2.68. The highest BCUT2D eigenvalue weighted by molar-refractivity contribution is 5.64. The first-order valence-electron chi connectivity index (χ1n) is 4.16. The fraction of sp³-hybridized carbons (Fsp3) is 0.273. The fourth-order valence-electron chi connectivity index (χ4n) is 1.69. The van der Waals surface area contributed by atoms with Crippen LogP contribution in [-0.2, 0) is 0 Å². The maximum atomic E-state index is 9.60. The lowest BCUT2D eigenvalue weighted by Gasteiger charge is -2.10. The summed E-state index contributed by atoms with van der Waals surface area (Å²) in [5.74, 6) is 0. The molecule has 1 aliphatic rings. The van der Waals surface area contributed by atoms with Gasteiger partial charge in [0.1, 0.15) is 0 Å². The highest BCUT2D eigenvalue weighted by Crippen LogP contribution is 2.31. The van der Waals surface area contributed by atoms with Crippen LogP contribution in [-0.4, -0.2) is 5.11 Å². The molecule has 0 amide bonds. The Morgan fingerprint density at radius 1 is 1.25 bits per heavy atom. The second kappa shape index (κ2) is 2.46. The van der Waals surface area contributed by atoms with Crippen LogP contribution < -0.4 is 0 Å². The van der Waals surface area contributed by atoms with Crippen molar-refractivity contribution in [3.05, 3.63) is 40.5 Å². The molecular formula is C11H12O. The average Bonchev–Trinajstić information content (AvgIpc) is 2.41. The topological polar surface area (TPSA) is 20.2 Å². The predicted octanol–water partition coefficient (Wildman–Crippen LogP) is 2.36. The maximum absolute atomic E-state index is 9.60. The van der Waals surface area contributed by atoms with E-state index in [1.165, 1.54) is 11.1 Å². The zero-order valence-electron chi connectivity index (χ0n) is 7.33. The molecule has 1 atom stereocenters. The molecule has 0 aromatic heterocycles. The van der Waals surface area contributed by atoms with Gasteiger partial charge in [-0.05, 0) is 36.1 Å². The summed E-state index contributed by atoms with van der Waals surface area (Å²) in [7, 11) is 0. The quantitative estimate of drug-likeness (QED) is 0.617. The third kappa shape index (κ3) is 0.901. The number of fused-ring (bicyclic) bond motifs is 1. The summed E-state index contributed by atoms with van der Waals surface area (Å²) in [6, 6.07) is 4.15. The third-order valence-corrected chi connectivity index (χ3v) is 2.57. The molecule has 12 heavy (non-hydrogen) atoms. The van der Waals surface area contributed by atoms with Crippen LogP contribution in [0.2, 0.25) is 0 Å². The van der Waals surface area contributed by atoms with Gasteiger partial charge in [0.25, 0.3) is 0 Å². The van der Waals surface area contributed by atoms with Crippen LogP contribution in [0.1, 0.15) is 28.4 Å². The van der Waals surface area contributed by atoms with Gasteiger partial charge in [0, 0.05) is 0 Å². The first-order chi connectivity index (χ1) is 5.70. The van der Waals surface area contributed by atoms with E-state index in [0.29, 0.717) is 0 Å². The van der Waals surface area contributed by atoms with Crippen molar-refractivity contribution in [3.8, 4) is 0 Å². The van der Waals surface area contributed by atoms with Gasteiger partial charge < -0.3 is 5.11 Å². The molecule has 1 heteroatoms. The van der Waals surface area contributed by atoms with Gasteiger partial charge in [0.2, 0.25) is 0 Å². The fourth-order valence-corrected chi connectivity index (χ4v) is 1.69. The molecule has 1 aromatic carbocycles. The lowest BCUT2D eigenvalue weighted by Crippen LogP contribution is -1.96. The molecule has 0 unspecified atom stereocenters. The van der Waals surface area contributed by atoms with Crippen molar-refractivity contribution in [2.24, 2.45) is 0 Å². The molecule has 0 radical (unpaired) electrons. The maximum Gasteiger partial charge on any atom is 0.0983 e. The molecule has 0 saturated carbocycles. The second-order valence-corrected chi connectivity index (χ2v) is 3.31. The molecule has 2 rings (SSSR count). The Kier molecular flexibility index (Phi) is 1.55. The zero-order valence-corrected chi connectivity index (χ0v) is 7.33. The van der Waals surface area contributed by atoms with E-state index < -0.39 is 0 Å². The van der Waals surface area contributed by atoms with Crippen molar-refractivity contribution in [2.75, 3.05) is 0 Å². The Morgan fingerprint density at radius 3 is 2.75 bits per heavy atom. The van der Waals surface area contributed by atoms with Crippen molar-refractivity contribution in [1.29, 1.82) is 0 Å². The van der Waals surface area contributed by atoms with E-state index in [0.717, 1.165) is 11.1 Å². The first-order valence-corrected chi connectivity index (χ1v) is 4.16. The van der Waals surface area contributed by atoms with Crippen LogP contribution in [0.3, 0.4) is 0 Å². The number of benzene rings is 1. The molecule has 1 nitrogen and oxygen atoms in total. The molecule has 0 saturated heterocycles. The largest absolute Gasteiger partial charge is 0.384 e. The summed E-state index contributed by atoms with van der Waals surface area (Å²) in [6.07, 6.45) is 3.42. The van der Waals surface area contributed by atoms with Gasteiger partial charge in [-0.3, -0.25) is 0 Å². The van der Waals surface area contributed by atoms with Crippen molar-refractivity contribution in [3.63, 3.8) is 0 Å². The summed E-state index contributed by atoms with van der Waals surface area (Å²) in [5.41, 5.74) is 4.70. The smallest absolute Gasteiger partial charge is 0.0983 e. The summed E-state index contributed by atoms with van der Waals surface area (Å²) in [5, 5.41) is 9.60. The molecule has 1 aromatic rings. The van der Waals surface area contributed by atoms with Gasteiger partial charge >= 0.3 is 0 Å². The Hall–Kier alpha value is -1.08. The molecule has 0 bridgehead atoms. The lowest BCUT2D eigenvalue weighted by molar-refractivity contribution is 0.231. The molecule has 0 spiro atoms. The number of hydrogen-bond donors (Lipinski definition) is 1. The number of aryl methyl sites for hydroxylation is 1. The van der Waals surface area contributed by atoms with E-state index in [1.54, 1.807) is 0 Å². The van der Waals surface area contributed by atoms with Crippen LogP contribution in [0.4, 0.5) is 0 Å². The summed E-state index contributed by atoms with van der Waals surface area (Å²) < 4.78 is 0. The molecule has 1 aliphatic carbocycles. The van der Waals surface area contributed by atoms with Gasteiger partial charge in [-0.2, -0.15) is 0 Å². The highest BCUT2D eigenvalue weighted by Gasteiger charge is 2.17. The molecule has 62 valence electrons. The van der Waals surface area contributed by atoms with Crippen molar-refractivity contribution in [1.82, 2.24) is 0 Å². The van der Waals surface area contributed by atoms with E-state index in [-0.39, 0.29) is 6.10 Å². The Labute approximate surface area is 72.4 Å². The summed E-state index contributed by atoms with van der Waals surface area (Å²) in [4.78, 5) is 0. The predicted molar refractivity (Wildman–Crippen MR) is 49.9 cm³/mol. The monoisotopic (exact) mass is 160 g/mol. The van der Waals surface area contributed by atoms with Crippen LogP contribution in [0.5, 0.6) is 0 Å². The Bertz CT molecular complexity index is 350. The minimum atomic E-state index is -0.389. The van der Waals surface area contributed by atoms with E-state index in [9.17, 15) is 5.11 Å². The summed E-state index contributed by atoms with van der Waals surface area (Å²) >= 11 is 0. The van der Waals surface area contributed by atoms with E-state index in [4.69, 9.17) is 0 Å². The standard InChI is InChI=1S/C11H12O/c1-7-3-4-9-5-6-10(12)11(9)8(7)2/h3-6,10,12H,1-2H3/t10-/m1/s1. The third-order valence-electron chi connectivity index (χ3n) is 2.57. The number of hydrogen-bond acceptors (Lipinski definition) is 1. The van der Waals surface area contributed by atoms with Gasteiger partial charge in [-0.1, -0.05) is 24.3 Å². The second-order valence-electron chi connectivity index (χ2n) is 3.31. The van der Waals surface area contributed by atoms with Crippen LogP contribution in [0.15, 0.2) is 18.2 Å². The van der Waals surface area contributed by atoms with Crippen molar-refractivity contribution < 1.29 is 5.11 Å². The van der Waals surface area contributed by atoms with Gasteiger partial charge in [0.15, 0.2) is 0 Å². The van der Waals surface area contributed by atoms with Gasteiger partial charge in [-0.25, -0.2) is 0 Å². The molecular weight excluding hydrogens is 148 g/mol. The van der Waals surface area contributed by atoms with Gasteiger partial charge in [-0.15, -0.1) is 0 Å². The van der Waals surface area contributed by atoms with Crippen molar-refractivity contribution in [2.45, 2.75) is 20.0 Å². The first kappa shape index (κ1) is 7.56. The van der Waals surface area contributed by atoms with Crippen LogP contribution >= 0.6 is 0 Å². The Morgan fingerprint density at radius 2 is 2.00 bits per heavy atom. The molecule has 0 fully saturated rings. The number of aliphatic hydroxyl groups excluding tert-OH is 1. The normalized spacial score (nSPS) is 19.8. The summed E-state index contributed by atoms with van der Waals surface area (Å²) in [6.45, 7) is 4.13. The molecule has 0 heterocycles. The average molecular weight is 160 g/mol. The molecule has 1 N–H and O–H groups in total. The number of aliphatic hydroxyl groups is 1. The molecule has 0 aliphatic heterocycles. The van der Waals surface area contributed by atoms with E-state index >= 15 is 0 Å². The lowest BCUT2D eigenvalue weighted by atomic mass is 9.98. The van der Waals surface area contributed by atoms with Crippen molar-refractivity contribution >= 4 is 6.08 Å². The van der Waals surface area contributed by atoms with Crippen LogP contribution in [0.25, 0.3) is 6.08 Å².